The SMILES string of the molecule is CN=C(NCc1cccc(NC(=O)CC(C)C)c1)NCC(O)c1cc2ccccc2s1. The van der Waals surface area contributed by atoms with Gasteiger partial charge in [0.05, 0.1) is 0 Å². The molecule has 164 valence electrons. The Balaban J connectivity index is 1.51. The Morgan fingerprint density at radius 3 is 2.65 bits per heavy atom. The van der Waals surface area contributed by atoms with Gasteiger partial charge < -0.3 is 21.1 Å². The van der Waals surface area contributed by atoms with Gasteiger partial charge in [0.25, 0.3) is 0 Å². The number of rotatable bonds is 8. The smallest absolute Gasteiger partial charge is 0.224 e. The zero-order valence-electron chi connectivity index (χ0n) is 18.2. The van der Waals surface area contributed by atoms with Crippen LogP contribution in [0.5, 0.6) is 0 Å². The summed E-state index contributed by atoms with van der Waals surface area (Å²) in [6.45, 7) is 4.96. The summed E-state index contributed by atoms with van der Waals surface area (Å²) in [7, 11) is 1.70. The van der Waals surface area contributed by atoms with E-state index < -0.39 is 6.10 Å². The topological polar surface area (TPSA) is 85.8 Å². The van der Waals surface area contributed by atoms with Gasteiger partial charge in [-0.3, -0.25) is 9.79 Å². The average molecular weight is 439 g/mol. The van der Waals surface area contributed by atoms with Crippen LogP contribution in [0.3, 0.4) is 0 Å². The van der Waals surface area contributed by atoms with Crippen molar-refractivity contribution in [2.24, 2.45) is 10.9 Å². The minimum atomic E-state index is -0.615. The summed E-state index contributed by atoms with van der Waals surface area (Å²) in [5.41, 5.74) is 1.81. The first kappa shape index (κ1) is 22.8. The van der Waals surface area contributed by atoms with E-state index in [9.17, 15) is 9.90 Å². The Morgan fingerprint density at radius 2 is 1.90 bits per heavy atom. The molecular formula is C24H30N4O2S. The summed E-state index contributed by atoms with van der Waals surface area (Å²) < 4.78 is 1.17. The van der Waals surface area contributed by atoms with Crippen molar-refractivity contribution in [3.05, 3.63) is 65.0 Å². The fourth-order valence-corrected chi connectivity index (χ4v) is 4.26. The number of nitrogens with one attached hydrogen (secondary N) is 3. The fourth-order valence-electron chi connectivity index (χ4n) is 3.21. The number of fused-ring (bicyclic) bond motifs is 1. The molecule has 6 nitrogen and oxygen atoms in total. The number of carbonyl (C=O) groups is 1. The first-order chi connectivity index (χ1) is 14.9. The lowest BCUT2D eigenvalue weighted by Crippen LogP contribution is -2.38. The first-order valence-corrected chi connectivity index (χ1v) is 11.3. The van der Waals surface area contributed by atoms with Gasteiger partial charge in [-0.2, -0.15) is 0 Å². The van der Waals surface area contributed by atoms with E-state index >= 15 is 0 Å². The summed E-state index contributed by atoms with van der Waals surface area (Å²) in [6, 6.07) is 17.9. The lowest BCUT2D eigenvalue weighted by molar-refractivity contribution is -0.116. The zero-order valence-corrected chi connectivity index (χ0v) is 19.0. The van der Waals surface area contributed by atoms with E-state index in [4.69, 9.17) is 0 Å². The van der Waals surface area contributed by atoms with Crippen LogP contribution in [0, 0.1) is 5.92 Å². The lowest BCUT2D eigenvalue weighted by atomic mass is 10.1. The van der Waals surface area contributed by atoms with Crippen LogP contribution < -0.4 is 16.0 Å². The Kier molecular flexibility index (Phi) is 8.03. The minimum Gasteiger partial charge on any atom is -0.386 e. The fraction of sp³-hybridized carbons (Fsp3) is 0.333. The minimum absolute atomic E-state index is 0.0211. The van der Waals surface area contributed by atoms with Gasteiger partial charge in [-0.05, 0) is 41.1 Å². The Labute approximate surface area is 187 Å². The summed E-state index contributed by atoms with van der Waals surface area (Å²) in [5.74, 6) is 0.948. The molecule has 4 N–H and O–H groups in total. The number of aliphatic imine (C=N–C) groups is 1. The molecular weight excluding hydrogens is 408 g/mol. The second-order valence-electron chi connectivity index (χ2n) is 7.86. The number of carbonyl (C=O) groups excluding carboxylic acids is 1. The van der Waals surface area contributed by atoms with Gasteiger partial charge in [0.15, 0.2) is 5.96 Å². The normalized spacial score (nSPS) is 12.7. The van der Waals surface area contributed by atoms with Crippen LogP contribution in [0.15, 0.2) is 59.6 Å². The van der Waals surface area contributed by atoms with Crippen LogP contribution in [0.4, 0.5) is 5.69 Å². The molecule has 0 fully saturated rings. The highest BCUT2D eigenvalue weighted by Gasteiger charge is 2.12. The molecule has 0 aliphatic carbocycles. The van der Waals surface area contributed by atoms with E-state index in [1.807, 2.05) is 56.3 Å². The van der Waals surface area contributed by atoms with Gasteiger partial charge in [-0.1, -0.05) is 44.2 Å². The van der Waals surface area contributed by atoms with Crippen molar-refractivity contribution in [2.75, 3.05) is 18.9 Å². The molecule has 1 amide bonds. The molecule has 2 aromatic carbocycles. The Hall–Kier alpha value is -2.90. The van der Waals surface area contributed by atoms with Crippen LogP contribution >= 0.6 is 11.3 Å². The molecule has 3 rings (SSSR count). The van der Waals surface area contributed by atoms with Gasteiger partial charge in [0, 0.05) is 41.8 Å². The number of amides is 1. The van der Waals surface area contributed by atoms with E-state index in [1.54, 1.807) is 18.4 Å². The summed E-state index contributed by atoms with van der Waals surface area (Å²) in [5, 5.41) is 21.1. The molecule has 0 bridgehead atoms. The number of aliphatic hydroxyl groups excluding tert-OH is 1. The maximum Gasteiger partial charge on any atom is 0.224 e. The molecule has 1 aromatic heterocycles. The molecule has 3 aromatic rings. The molecule has 0 aliphatic heterocycles. The number of anilines is 1. The highest BCUT2D eigenvalue weighted by molar-refractivity contribution is 7.19. The third kappa shape index (κ3) is 6.80. The van der Waals surface area contributed by atoms with Crippen LogP contribution in [-0.4, -0.2) is 30.6 Å². The molecule has 0 saturated heterocycles. The quantitative estimate of drug-likeness (QED) is 0.312. The highest BCUT2D eigenvalue weighted by Crippen LogP contribution is 2.29. The van der Waals surface area contributed by atoms with Gasteiger partial charge in [-0.15, -0.1) is 11.3 Å². The molecule has 1 atom stereocenters. The van der Waals surface area contributed by atoms with E-state index in [-0.39, 0.29) is 5.91 Å². The molecule has 7 heteroatoms. The van der Waals surface area contributed by atoms with Crippen molar-refractivity contribution in [3.63, 3.8) is 0 Å². The van der Waals surface area contributed by atoms with E-state index in [1.165, 1.54) is 4.70 Å². The standard InChI is InChI=1S/C24H30N4O2S/c1-16(2)11-23(30)28-19-9-6-7-17(12-19)14-26-24(25-3)27-15-20(29)22-13-18-8-4-5-10-21(18)31-22/h4-10,12-13,16,20,29H,11,14-15H2,1-3H3,(H,28,30)(H2,25,26,27). The van der Waals surface area contributed by atoms with Crippen molar-refractivity contribution in [1.82, 2.24) is 10.6 Å². The number of benzene rings is 2. The van der Waals surface area contributed by atoms with Crippen molar-refractivity contribution >= 4 is 39.0 Å². The van der Waals surface area contributed by atoms with Crippen LogP contribution in [-0.2, 0) is 11.3 Å². The molecule has 0 aliphatic rings. The van der Waals surface area contributed by atoms with Crippen LogP contribution in [0.2, 0.25) is 0 Å². The van der Waals surface area contributed by atoms with E-state index in [0.29, 0.717) is 31.4 Å². The summed E-state index contributed by atoms with van der Waals surface area (Å²) in [4.78, 5) is 17.1. The first-order valence-electron chi connectivity index (χ1n) is 10.4. The Bertz CT molecular complexity index is 1010. The number of guanidine groups is 1. The van der Waals surface area contributed by atoms with Gasteiger partial charge in [0.1, 0.15) is 6.10 Å². The van der Waals surface area contributed by atoms with Gasteiger partial charge in [-0.25, -0.2) is 0 Å². The second-order valence-corrected chi connectivity index (χ2v) is 8.97. The largest absolute Gasteiger partial charge is 0.386 e. The maximum absolute atomic E-state index is 12.0. The monoisotopic (exact) mass is 438 g/mol. The van der Waals surface area contributed by atoms with Crippen molar-refractivity contribution in [2.45, 2.75) is 32.9 Å². The maximum atomic E-state index is 12.0. The van der Waals surface area contributed by atoms with Crippen LogP contribution in [0.25, 0.3) is 10.1 Å². The van der Waals surface area contributed by atoms with Gasteiger partial charge >= 0.3 is 0 Å². The highest BCUT2D eigenvalue weighted by atomic mass is 32.1. The number of thiophene rings is 1. The van der Waals surface area contributed by atoms with Crippen molar-refractivity contribution < 1.29 is 9.90 Å². The molecule has 31 heavy (non-hydrogen) atoms. The lowest BCUT2D eigenvalue weighted by Gasteiger charge is -2.15. The van der Waals surface area contributed by atoms with E-state index in [2.05, 4.69) is 33.1 Å². The summed E-state index contributed by atoms with van der Waals surface area (Å²) in [6.07, 6.45) is -0.114. The summed E-state index contributed by atoms with van der Waals surface area (Å²) >= 11 is 1.60. The van der Waals surface area contributed by atoms with E-state index in [0.717, 1.165) is 21.5 Å². The molecule has 1 heterocycles. The van der Waals surface area contributed by atoms with Crippen molar-refractivity contribution in [1.29, 1.82) is 0 Å². The molecule has 1 unspecified atom stereocenters. The number of nitrogens with zero attached hydrogens (tertiary/aromatic N) is 1. The molecule has 0 radical (unpaired) electrons. The third-order valence-electron chi connectivity index (χ3n) is 4.72. The predicted molar refractivity (Wildman–Crippen MR) is 130 cm³/mol. The van der Waals surface area contributed by atoms with Crippen LogP contribution in [0.1, 0.15) is 36.8 Å². The van der Waals surface area contributed by atoms with Gasteiger partial charge in [0.2, 0.25) is 5.91 Å². The predicted octanol–water partition coefficient (Wildman–Crippen LogP) is 4.28. The molecule has 0 spiro atoms. The zero-order chi connectivity index (χ0) is 22.2. The number of aliphatic hydroxyl groups is 1. The average Bonchev–Trinajstić information content (AvgIpc) is 3.18. The second kappa shape index (κ2) is 10.9. The number of hydrogen-bond donors (Lipinski definition) is 4. The third-order valence-corrected chi connectivity index (χ3v) is 5.94. The van der Waals surface area contributed by atoms with Crippen molar-refractivity contribution in [3.8, 4) is 0 Å². The Morgan fingerprint density at radius 1 is 1.10 bits per heavy atom. The number of hydrogen-bond acceptors (Lipinski definition) is 4. The molecule has 0 saturated carbocycles.